The molecule has 2 saturated carbocycles. The molecule has 0 unspecified atom stereocenters. The van der Waals surface area contributed by atoms with Crippen molar-refractivity contribution in [3.05, 3.63) is 0 Å². The molecule has 3 atom stereocenters. The van der Waals surface area contributed by atoms with Crippen molar-refractivity contribution in [3.63, 3.8) is 0 Å². The summed E-state index contributed by atoms with van der Waals surface area (Å²) in [6.07, 6.45) is 7.19. The number of carbonyl (C=O) groups excluding carboxylic acids is 1. The lowest BCUT2D eigenvalue weighted by Crippen LogP contribution is -2.51. The predicted molar refractivity (Wildman–Crippen MR) is 65.9 cm³/mol. The molecular formula is C14H23NO2. The molecule has 0 aromatic heterocycles. The first-order valence-electron chi connectivity index (χ1n) is 7.22. The number of nitrogens with zero attached hydrogens (tertiary/aromatic N) is 1. The lowest BCUT2D eigenvalue weighted by Gasteiger charge is -2.42. The van der Waals surface area contributed by atoms with Crippen LogP contribution in [0.4, 0.5) is 0 Å². The van der Waals surface area contributed by atoms with Crippen molar-refractivity contribution in [2.75, 3.05) is 26.3 Å². The van der Waals surface area contributed by atoms with E-state index in [2.05, 4.69) is 4.90 Å². The predicted octanol–water partition coefficient (Wildman–Crippen LogP) is 1.86. The van der Waals surface area contributed by atoms with E-state index in [0.717, 1.165) is 45.6 Å². The van der Waals surface area contributed by atoms with Gasteiger partial charge in [-0.3, -0.25) is 9.69 Å². The maximum Gasteiger partial charge on any atom is 0.140 e. The molecule has 1 saturated heterocycles. The van der Waals surface area contributed by atoms with Gasteiger partial charge in [0.2, 0.25) is 0 Å². The lowest BCUT2D eigenvalue weighted by atomic mass is 9.75. The zero-order chi connectivity index (χ0) is 11.7. The number of Topliss-reactive ketones (excluding diaryl/α,β-unsaturated/α-hetero) is 1. The Hall–Kier alpha value is -0.410. The molecule has 17 heavy (non-hydrogen) atoms. The fraction of sp³-hybridized carbons (Fsp3) is 0.929. The topological polar surface area (TPSA) is 29.5 Å². The summed E-state index contributed by atoms with van der Waals surface area (Å²) in [4.78, 5) is 14.9. The lowest BCUT2D eigenvalue weighted by molar-refractivity contribution is -0.133. The second-order valence-corrected chi connectivity index (χ2v) is 5.78. The highest BCUT2D eigenvalue weighted by atomic mass is 16.5. The molecule has 0 amide bonds. The molecular weight excluding hydrogens is 214 g/mol. The van der Waals surface area contributed by atoms with Crippen molar-refractivity contribution in [2.45, 2.75) is 44.6 Å². The second kappa shape index (κ2) is 5.07. The number of morpholine rings is 1. The summed E-state index contributed by atoms with van der Waals surface area (Å²) < 4.78 is 5.42. The number of hydrogen-bond acceptors (Lipinski definition) is 3. The Bertz CT molecular complexity index is 286. The molecule has 2 aliphatic carbocycles. The summed E-state index contributed by atoms with van der Waals surface area (Å²) in [6, 6.07) is 0.528. The Kier molecular flexibility index (Phi) is 3.48. The van der Waals surface area contributed by atoms with Gasteiger partial charge in [0.25, 0.3) is 0 Å². The van der Waals surface area contributed by atoms with Gasteiger partial charge in [0.15, 0.2) is 0 Å². The fourth-order valence-corrected chi connectivity index (χ4v) is 3.93. The van der Waals surface area contributed by atoms with E-state index in [-0.39, 0.29) is 0 Å². The van der Waals surface area contributed by atoms with E-state index in [1.807, 2.05) is 0 Å². The van der Waals surface area contributed by atoms with Crippen LogP contribution in [0.2, 0.25) is 0 Å². The van der Waals surface area contributed by atoms with Crippen LogP contribution in [0.5, 0.6) is 0 Å². The van der Waals surface area contributed by atoms with Gasteiger partial charge >= 0.3 is 0 Å². The molecule has 0 spiro atoms. The van der Waals surface area contributed by atoms with Crippen LogP contribution in [0.25, 0.3) is 0 Å². The Morgan fingerprint density at radius 2 is 1.76 bits per heavy atom. The van der Waals surface area contributed by atoms with Gasteiger partial charge in [-0.1, -0.05) is 12.8 Å². The standard InChI is InChI=1S/C14H23NO2/c16-14-11-3-1-2-4-12(14)13(6-5-11)15-7-9-17-10-8-15/h11-13H,1-10H2/t11-,12-,13+/m0/s1. The van der Waals surface area contributed by atoms with Crippen LogP contribution in [-0.4, -0.2) is 43.0 Å². The van der Waals surface area contributed by atoms with Gasteiger partial charge in [-0.15, -0.1) is 0 Å². The summed E-state index contributed by atoms with van der Waals surface area (Å²) in [5.74, 6) is 1.33. The fourth-order valence-electron chi connectivity index (χ4n) is 3.93. The Balaban J connectivity index is 1.73. The summed E-state index contributed by atoms with van der Waals surface area (Å²) in [5, 5.41) is 0. The van der Waals surface area contributed by atoms with Crippen molar-refractivity contribution >= 4 is 5.78 Å². The highest BCUT2D eigenvalue weighted by Crippen LogP contribution is 2.38. The minimum absolute atomic E-state index is 0.342. The number of carbonyl (C=O) groups is 1. The molecule has 3 nitrogen and oxygen atoms in total. The van der Waals surface area contributed by atoms with Crippen LogP contribution in [0.3, 0.4) is 0 Å². The minimum Gasteiger partial charge on any atom is -0.379 e. The summed E-state index contributed by atoms with van der Waals surface area (Å²) in [5.41, 5.74) is 0. The van der Waals surface area contributed by atoms with Crippen LogP contribution >= 0.6 is 0 Å². The van der Waals surface area contributed by atoms with Gasteiger partial charge in [0.1, 0.15) is 5.78 Å². The molecule has 3 heteroatoms. The first-order valence-corrected chi connectivity index (χ1v) is 7.22. The largest absolute Gasteiger partial charge is 0.379 e. The molecule has 3 aliphatic rings. The molecule has 1 heterocycles. The average molecular weight is 237 g/mol. The summed E-state index contributed by atoms with van der Waals surface area (Å²) in [6.45, 7) is 3.75. The normalized spacial score (nSPS) is 40.0. The zero-order valence-corrected chi connectivity index (χ0v) is 10.6. The van der Waals surface area contributed by atoms with Crippen molar-refractivity contribution < 1.29 is 9.53 Å². The highest BCUT2D eigenvalue weighted by molar-refractivity contribution is 5.85. The number of hydrogen-bond donors (Lipinski definition) is 0. The van der Waals surface area contributed by atoms with Crippen molar-refractivity contribution in [1.29, 1.82) is 0 Å². The number of fused-ring (bicyclic) bond motifs is 2. The first-order chi connectivity index (χ1) is 8.36. The zero-order valence-electron chi connectivity index (χ0n) is 10.6. The molecule has 1 aliphatic heterocycles. The van der Waals surface area contributed by atoms with Gasteiger partial charge in [0.05, 0.1) is 13.2 Å². The minimum atomic E-state index is 0.342. The summed E-state index contributed by atoms with van der Waals surface area (Å²) >= 11 is 0. The van der Waals surface area contributed by atoms with Gasteiger partial charge in [-0.25, -0.2) is 0 Å². The molecule has 0 aromatic rings. The smallest absolute Gasteiger partial charge is 0.140 e. The SMILES string of the molecule is O=C1[C@H]2CCCC[C@H]1[C@H](N1CCOCC1)CC2. The Morgan fingerprint density at radius 1 is 1.00 bits per heavy atom. The van der Waals surface area contributed by atoms with E-state index in [4.69, 9.17) is 4.74 Å². The maximum atomic E-state index is 12.4. The Morgan fingerprint density at radius 3 is 2.59 bits per heavy atom. The molecule has 0 N–H and O–H groups in total. The molecule has 2 bridgehead atoms. The average Bonchev–Trinajstić information content (AvgIpc) is 2.49. The third kappa shape index (κ3) is 2.27. The van der Waals surface area contributed by atoms with Crippen molar-refractivity contribution in [2.24, 2.45) is 11.8 Å². The van der Waals surface area contributed by atoms with E-state index in [1.165, 1.54) is 19.3 Å². The van der Waals surface area contributed by atoms with Crippen LogP contribution in [0, 0.1) is 11.8 Å². The van der Waals surface area contributed by atoms with Gasteiger partial charge in [-0.05, 0) is 25.7 Å². The van der Waals surface area contributed by atoms with E-state index in [1.54, 1.807) is 0 Å². The molecule has 0 radical (unpaired) electrons. The monoisotopic (exact) mass is 237 g/mol. The highest BCUT2D eigenvalue weighted by Gasteiger charge is 2.41. The molecule has 96 valence electrons. The Labute approximate surface area is 104 Å². The second-order valence-electron chi connectivity index (χ2n) is 5.78. The van der Waals surface area contributed by atoms with Gasteiger partial charge < -0.3 is 4.74 Å². The number of rotatable bonds is 1. The van der Waals surface area contributed by atoms with E-state index in [9.17, 15) is 4.79 Å². The number of ether oxygens (including phenoxy) is 1. The van der Waals surface area contributed by atoms with Crippen LogP contribution in [0.1, 0.15) is 38.5 Å². The first kappa shape index (κ1) is 11.7. The summed E-state index contributed by atoms with van der Waals surface area (Å²) in [7, 11) is 0. The van der Waals surface area contributed by atoms with Crippen molar-refractivity contribution in [3.8, 4) is 0 Å². The van der Waals surface area contributed by atoms with Gasteiger partial charge in [-0.2, -0.15) is 0 Å². The molecule has 3 rings (SSSR count). The van der Waals surface area contributed by atoms with Crippen molar-refractivity contribution in [1.82, 2.24) is 4.90 Å². The quantitative estimate of drug-likeness (QED) is 0.697. The van der Waals surface area contributed by atoms with Crippen LogP contribution in [-0.2, 0) is 9.53 Å². The van der Waals surface area contributed by atoms with Gasteiger partial charge in [0, 0.05) is 31.0 Å². The van der Waals surface area contributed by atoms with E-state index < -0.39 is 0 Å². The molecule has 0 aromatic carbocycles. The molecule has 3 fully saturated rings. The van der Waals surface area contributed by atoms with E-state index in [0.29, 0.717) is 23.7 Å². The third-order valence-corrected chi connectivity index (χ3v) is 4.88. The maximum absolute atomic E-state index is 12.4. The van der Waals surface area contributed by atoms with E-state index >= 15 is 0 Å². The number of ketones is 1. The van der Waals surface area contributed by atoms with Crippen LogP contribution in [0.15, 0.2) is 0 Å². The van der Waals surface area contributed by atoms with Crippen LogP contribution < -0.4 is 0 Å². The third-order valence-electron chi connectivity index (χ3n) is 4.88.